The minimum Gasteiger partial charge on any atom is -0.484 e. The van der Waals surface area contributed by atoms with Crippen molar-refractivity contribution in [2.45, 2.75) is 67.6 Å². The van der Waals surface area contributed by atoms with E-state index in [0.29, 0.717) is 0 Å². The van der Waals surface area contributed by atoms with Gasteiger partial charge in [-0.3, -0.25) is 0 Å². The van der Waals surface area contributed by atoms with Crippen molar-refractivity contribution in [2.24, 2.45) is 0 Å². The third-order valence-corrected chi connectivity index (χ3v) is 5.11. The highest BCUT2D eigenvalue weighted by molar-refractivity contribution is 5.55. The van der Waals surface area contributed by atoms with Crippen molar-refractivity contribution in [2.75, 3.05) is 0 Å². The number of ether oxygens (including phenoxy) is 1. The van der Waals surface area contributed by atoms with Crippen LogP contribution in [0.3, 0.4) is 0 Å². The molecule has 0 N–H and O–H groups in total. The molecule has 1 nitrogen and oxygen atoms in total. The molecule has 1 atom stereocenters. The molecule has 1 unspecified atom stereocenters. The van der Waals surface area contributed by atoms with E-state index in [2.05, 4.69) is 11.3 Å². The Labute approximate surface area is 195 Å². The summed E-state index contributed by atoms with van der Waals surface area (Å²) in [5, 5.41) is 0. The number of hydrogen-bond donors (Lipinski definition) is 0. The van der Waals surface area contributed by atoms with Crippen molar-refractivity contribution in [3.05, 3.63) is 35.9 Å². The molecule has 1 rings (SSSR count). The molecule has 0 saturated carbocycles. The third-order valence-electron chi connectivity index (χ3n) is 5.11. The van der Waals surface area contributed by atoms with Crippen LogP contribution in [-0.2, 0) is 0 Å². The molecule has 0 fully saturated rings. The van der Waals surface area contributed by atoms with Gasteiger partial charge in [0.1, 0.15) is 5.75 Å². The van der Waals surface area contributed by atoms with Gasteiger partial charge in [-0.15, -0.1) is 0 Å². The zero-order valence-corrected chi connectivity index (χ0v) is 17.9. The fourth-order valence-corrected chi connectivity index (χ4v) is 2.68. The second kappa shape index (κ2) is 9.10. The van der Waals surface area contributed by atoms with Crippen molar-refractivity contribution in [1.82, 2.24) is 0 Å². The largest absolute Gasteiger partial charge is 0.484 e. The van der Waals surface area contributed by atoms with Crippen LogP contribution in [0, 0.1) is 6.92 Å². The highest BCUT2D eigenvalue weighted by Crippen LogP contribution is 2.64. The van der Waals surface area contributed by atoms with E-state index in [-0.39, 0.29) is 18.1 Å². The first-order valence-corrected chi connectivity index (χ1v) is 9.21. The van der Waals surface area contributed by atoms with E-state index in [9.17, 15) is 74.6 Å². The quantitative estimate of drug-likeness (QED) is 0.253. The number of hydrogen-bond acceptors (Lipinski definition) is 1. The van der Waals surface area contributed by atoms with Crippen LogP contribution in [0.4, 0.5) is 74.6 Å². The number of benzene rings is 1. The molecule has 0 aromatic heterocycles. The second-order valence-corrected chi connectivity index (χ2v) is 7.50. The minimum atomic E-state index is -8.67. The summed E-state index contributed by atoms with van der Waals surface area (Å²) in [6.07, 6.45) is -10.4. The summed E-state index contributed by atoms with van der Waals surface area (Å²) < 4.78 is 232. The lowest BCUT2D eigenvalue weighted by molar-refractivity contribution is -0.463. The molecular formula is C19H13F17O. The summed E-state index contributed by atoms with van der Waals surface area (Å²) in [6.45, 7) is 4.20. The van der Waals surface area contributed by atoms with Gasteiger partial charge in [0, 0.05) is 0 Å². The first kappa shape index (κ1) is 32.6. The molecule has 0 amide bonds. The maximum Gasteiger partial charge on any atom is 0.460 e. The maximum atomic E-state index is 14.3. The summed E-state index contributed by atoms with van der Waals surface area (Å²) in [4.78, 5) is 0. The SMILES string of the molecule is C=Cc1cccc(OC(C)C(F)(F)C(F)(F)C(F)(F)C(F)(F)C(F)(F)C(F)(F)C(F)(F)C(F)(F)F)c1C. The molecule has 0 aliphatic rings. The van der Waals surface area contributed by atoms with E-state index in [1.165, 1.54) is 6.07 Å². The summed E-state index contributed by atoms with van der Waals surface area (Å²) in [5.74, 6) is -57.6. The number of rotatable bonds is 10. The lowest BCUT2D eigenvalue weighted by Crippen LogP contribution is -2.75. The second-order valence-electron chi connectivity index (χ2n) is 7.50. The van der Waals surface area contributed by atoms with Crippen molar-refractivity contribution >= 4 is 6.08 Å². The van der Waals surface area contributed by atoms with E-state index in [4.69, 9.17) is 0 Å². The first-order chi connectivity index (χ1) is 16.1. The molecule has 37 heavy (non-hydrogen) atoms. The normalized spacial score (nSPS) is 16.0. The third kappa shape index (κ3) is 4.46. The van der Waals surface area contributed by atoms with Crippen LogP contribution in [0.5, 0.6) is 5.75 Å². The molecule has 0 aliphatic carbocycles. The van der Waals surface area contributed by atoms with E-state index >= 15 is 0 Å². The van der Waals surface area contributed by atoms with Gasteiger partial charge in [0.05, 0.1) is 0 Å². The maximum absolute atomic E-state index is 14.3. The Bertz CT molecular complexity index is 993. The zero-order valence-electron chi connectivity index (χ0n) is 17.9. The summed E-state index contributed by atoms with van der Waals surface area (Å²) in [5.41, 5.74) is -0.0785. The average molecular weight is 580 g/mol. The summed E-state index contributed by atoms with van der Waals surface area (Å²) in [7, 11) is 0. The van der Waals surface area contributed by atoms with Crippen molar-refractivity contribution in [3.8, 4) is 5.75 Å². The molecule has 0 aliphatic heterocycles. The minimum absolute atomic E-state index is 0.0871. The van der Waals surface area contributed by atoms with Crippen LogP contribution in [0.1, 0.15) is 18.1 Å². The predicted molar refractivity (Wildman–Crippen MR) is 92.0 cm³/mol. The van der Waals surface area contributed by atoms with Crippen LogP contribution in [0.25, 0.3) is 6.08 Å². The van der Waals surface area contributed by atoms with Gasteiger partial charge >= 0.3 is 47.6 Å². The van der Waals surface area contributed by atoms with Gasteiger partial charge in [-0.1, -0.05) is 24.8 Å². The van der Waals surface area contributed by atoms with Gasteiger partial charge in [0.25, 0.3) is 0 Å². The van der Waals surface area contributed by atoms with Gasteiger partial charge in [-0.05, 0) is 31.0 Å². The summed E-state index contributed by atoms with van der Waals surface area (Å²) >= 11 is 0. The van der Waals surface area contributed by atoms with Crippen LogP contribution in [0.2, 0.25) is 0 Å². The average Bonchev–Trinajstić information content (AvgIpc) is 2.73. The Morgan fingerprint density at radius 2 is 1.03 bits per heavy atom. The molecule has 0 heterocycles. The van der Waals surface area contributed by atoms with E-state index in [1.54, 1.807) is 0 Å². The molecule has 1 aromatic carbocycles. The smallest absolute Gasteiger partial charge is 0.460 e. The van der Waals surface area contributed by atoms with E-state index in [0.717, 1.165) is 25.1 Å². The molecule has 18 heteroatoms. The molecule has 214 valence electrons. The Hall–Kier alpha value is -2.43. The van der Waals surface area contributed by atoms with Crippen LogP contribution >= 0.6 is 0 Å². The number of alkyl halides is 17. The molecule has 0 spiro atoms. The van der Waals surface area contributed by atoms with Gasteiger partial charge in [0.2, 0.25) is 0 Å². The Morgan fingerprint density at radius 3 is 1.41 bits per heavy atom. The van der Waals surface area contributed by atoms with Crippen molar-refractivity contribution < 1.29 is 79.4 Å². The van der Waals surface area contributed by atoms with Gasteiger partial charge < -0.3 is 4.74 Å². The van der Waals surface area contributed by atoms with Crippen LogP contribution in [0.15, 0.2) is 24.8 Å². The highest BCUT2D eigenvalue weighted by atomic mass is 19.4. The lowest BCUT2D eigenvalue weighted by Gasteiger charge is -2.43. The van der Waals surface area contributed by atoms with Crippen LogP contribution < -0.4 is 4.74 Å². The number of halogens is 17. The van der Waals surface area contributed by atoms with Gasteiger partial charge in [-0.2, -0.15) is 74.6 Å². The van der Waals surface area contributed by atoms with Gasteiger partial charge in [-0.25, -0.2) is 0 Å². The highest BCUT2D eigenvalue weighted by Gasteiger charge is 2.95. The van der Waals surface area contributed by atoms with Crippen molar-refractivity contribution in [1.29, 1.82) is 0 Å². The standard InChI is InChI=1S/C19H13F17O/c1-4-10-6-5-7-11(8(10)2)37-9(3)12(20,21)13(22,23)14(24,25)15(26,27)16(28,29)17(30,31)18(32,33)19(34,35)36/h4-7,9H,1H2,2-3H3. The van der Waals surface area contributed by atoms with Gasteiger partial charge in [0.15, 0.2) is 6.10 Å². The van der Waals surface area contributed by atoms with Crippen molar-refractivity contribution in [3.63, 3.8) is 0 Å². The molecule has 0 radical (unpaired) electrons. The first-order valence-electron chi connectivity index (χ1n) is 9.21. The molecule has 1 aromatic rings. The lowest BCUT2D eigenvalue weighted by atomic mass is 9.88. The summed E-state index contributed by atoms with van der Waals surface area (Å²) in [6, 6.07) is 3.04. The van der Waals surface area contributed by atoms with E-state index < -0.39 is 59.5 Å². The fourth-order valence-electron chi connectivity index (χ4n) is 2.68. The topological polar surface area (TPSA) is 9.23 Å². The monoisotopic (exact) mass is 580 g/mol. The Morgan fingerprint density at radius 1 is 0.649 bits per heavy atom. The van der Waals surface area contributed by atoms with E-state index in [1.807, 2.05) is 0 Å². The Kier molecular flexibility index (Phi) is 8.01. The fraction of sp³-hybridized carbons (Fsp3) is 0.579. The molecule has 0 bridgehead atoms. The zero-order chi connectivity index (χ0) is 29.8. The van der Waals surface area contributed by atoms with Crippen LogP contribution in [-0.4, -0.2) is 53.7 Å². The molecular weight excluding hydrogens is 567 g/mol. The molecule has 0 saturated heterocycles. The Balaban J connectivity index is 3.61. The predicted octanol–water partition coefficient (Wildman–Crippen LogP) is 8.41.